The minimum absolute atomic E-state index is 0.0976. The Labute approximate surface area is 125 Å². The van der Waals surface area contributed by atoms with E-state index in [1.807, 2.05) is 13.0 Å². The van der Waals surface area contributed by atoms with E-state index in [1.165, 1.54) is 23.9 Å². The Balaban J connectivity index is 2.55. The lowest BCUT2D eigenvalue weighted by atomic mass is 10.1. The summed E-state index contributed by atoms with van der Waals surface area (Å²) >= 11 is 7.48. The molecule has 0 unspecified atom stereocenters. The van der Waals surface area contributed by atoms with E-state index in [4.69, 9.17) is 11.6 Å². The molecular formula is C14H11ClFN3S. The zero-order valence-corrected chi connectivity index (χ0v) is 12.3. The Kier molecular flexibility index (Phi) is 4.94. The molecule has 0 saturated heterocycles. The fourth-order valence-corrected chi connectivity index (χ4v) is 2.58. The molecule has 0 radical (unpaired) electrons. The molecule has 0 spiro atoms. The summed E-state index contributed by atoms with van der Waals surface area (Å²) < 4.78 is 13.3. The number of hydrogen-bond acceptors (Lipinski definition) is 4. The highest BCUT2D eigenvalue weighted by molar-refractivity contribution is 7.99. The first kappa shape index (κ1) is 14.8. The SMILES string of the molecule is CCCSc1nc(Cl)c(C#N)c(-c2cccc(F)c2)n1. The molecule has 6 heteroatoms. The van der Waals surface area contributed by atoms with Gasteiger partial charge in [-0.05, 0) is 18.6 Å². The molecule has 1 aromatic heterocycles. The van der Waals surface area contributed by atoms with Gasteiger partial charge in [-0.15, -0.1) is 0 Å². The zero-order valence-electron chi connectivity index (χ0n) is 10.7. The van der Waals surface area contributed by atoms with Gasteiger partial charge in [0.15, 0.2) is 10.3 Å². The van der Waals surface area contributed by atoms with Gasteiger partial charge in [-0.1, -0.05) is 42.4 Å². The van der Waals surface area contributed by atoms with Crippen molar-refractivity contribution >= 4 is 23.4 Å². The zero-order chi connectivity index (χ0) is 14.5. The molecule has 1 heterocycles. The molecule has 0 aliphatic rings. The maximum absolute atomic E-state index is 13.3. The minimum Gasteiger partial charge on any atom is -0.221 e. The molecule has 0 aliphatic carbocycles. The van der Waals surface area contributed by atoms with Crippen LogP contribution in [-0.4, -0.2) is 15.7 Å². The fourth-order valence-electron chi connectivity index (χ4n) is 1.62. The van der Waals surface area contributed by atoms with Crippen LogP contribution in [-0.2, 0) is 0 Å². The number of nitrogens with zero attached hydrogens (tertiary/aromatic N) is 3. The monoisotopic (exact) mass is 307 g/mol. The molecule has 0 bridgehead atoms. The number of thioether (sulfide) groups is 1. The van der Waals surface area contributed by atoms with Crippen LogP contribution in [0.4, 0.5) is 4.39 Å². The molecule has 1 aromatic carbocycles. The van der Waals surface area contributed by atoms with Gasteiger partial charge in [0.1, 0.15) is 17.4 Å². The lowest BCUT2D eigenvalue weighted by Crippen LogP contribution is -1.97. The highest BCUT2D eigenvalue weighted by Crippen LogP contribution is 2.29. The maximum atomic E-state index is 13.3. The van der Waals surface area contributed by atoms with Crippen molar-refractivity contribution in [2.75, 3.05) is 5.75 Å². The lowest BCUT2D eigenvalue weighted by Gasteiger charge is -2.07. The van der Waals surface area contributed by atoms with E-state index in [-0.39, 0.29) is 16.5 Å². The Morgan fingerprint density at radius 2 is 2.20 bits per heavy atom. The van der Waals surface area contributed by atoms with Crippen LogP contribution in [0.1, 0.15) is 18.9 Å². The van der Waals surface area contributed by atoms with E-state index >= 15 is 0 Å². The largest absolute Gasteiger partial charge is 0.221 e. The van der Waals surface area contributed by atoms with Crippen molar-refractivity contribution in [3.63, 3.8) is 0 Å². The summed E-state index contributed by atoms with van der Waals surface area (Å²) in [4.78, 5) is 8.42. The molecule has 2 aromatic rings. The minimum atomic E-state index is -0.385. The van der Waals surface area contributed by atoms with Crippen LogP contribution in [0.15, 0.2) is 29.4 Å². The van der Waals surface area contributed by atoms with Crippen LogP contribution in [0.2, 0.25) is 5.15 Å². The van der Waals surface area contributed by atoms with Gasteiger partial charge in [0.25, 0.3) is 0 Å². The molecule has 0 fully saturated rings. The number of halogens is 2. The first-order valence-corrected chi connectivity index (χ1v) is 7.38. The summed E-state index contributed by atoms with van der Waals surface area (Å²) in [5.41, 5.74) is 1.05. The van der Waals surface area contributed by atoms with Crippen molar-refractivity contribution in [1.82, 2.24) is 9.97 Å². The average molecular weight is 308 g/mol. The summed E-state index contributed by atoms with van der Waals surface area (Å²) in [6, 6.07) is 7.90. The predicted molar refractivity (Wildman–Crippen MR) is 78.2 cm³/mol. The molecule has 3 nitrogen and oxygen atoms in total. The third-order valence-corrected chi connectivity index (χ3v) is 3.82. The Morgan fingerprint density at radius 1 is 1.40 bits per heavy atom. The van der Waals surface area contributed by atoms with E-state index < -0.39 is 0 Å². The second kappa shape index (κ2) is 6.69. The summed E-state index contributed by atoms with van der Waals surface area (Å²) in [5.74, 6) is 0.467. The van der Waals surface area contributed by atoms with Crippen LogP contribution < -0.4 is 0 Å². The van der Waals surface area contributed by atoms with Gasteiger partial charge in [-0.3, -0.25) is 0 Å². The second-order valence-electron chi connectivity index (χ2n) is 3.99. The van der Waals surface area contributed by atoms with Gasteiger partial charge in [0.05, 0.1) is 5.69 Å². The molecule has 20 heavy (non-hydrogen) atoms. The lowest BCUT2D eigenvalue weighted by molar-refractivity contribution is 0.628. The number of rotatable bonds is 4. The number of benzene rings is 1. The van der Waals surface area contributed by atoms with Gasteiger partial charge >= 0.3 is 0 Å². The quantitative estimate of drug-likeness (QED) is 0.480. The van der Waals surface area contributed by atoms with Crippen LogP contribution >= 0.6 is 23.4 Å². The average Bonchev–Trinajstić information content (AvgIpc) is 2.44. The molecule has 102 valence electrons. The van der Waals surface area contributed by atoms with Gasteiger partial charge in [0, 0.05) is 11.3 Å². The van der Waals surface area contributed by atoms with Crippen molar-refractivity contribution < 1.29 is 4.39 Å². The fraction of sp³-hybridized carbons (Fsp3) is 0.214. The van der Waals surface area contributed by atoms with Gasteiger partial charge in [-0.2, -0.15) is 5.26 Å². The third-order valence-electron chi connectivity index (χ3n) is 2.49. The first-order chi connectivity index (χ1) is 9.65. The molecule has 0 aliphatic heterocycles. The molecule has 0 saturated carbocycles. The smallest absolute Gasteiger partial charge is 0.189 e. The Hall–Kier alpha value is -1.64. The molecular weight excluding hydrogens is 297 g/mol. The summed E-state index contributed by atoms with van der Waals surface area (Å²) in [6.07, 6.45) is 0.973. The van der Waals surface area contributed by atoms with Gasteiger partial charge < -0.3 is 0 Å². The molecule has 2 rings (SSSR count). The van der Waals surface area contributed by atoms with E-state index in [0.29, 0.717) is 16.4 Å². The highest BCUT2D eigenvalue weighted by Gasteiger charge is 2.15. The van der Waals surface area contributed by atoms with Gasteiger partial charge in [-0.25, -0.2) is 14.4 Å². The van der Waals surface area contributed by atoms with E-state index in [1.54, 1.807) is 12.1 Å². The first-order valence-electron chi connectivity index (χ1n) is 6.02. The Bertz CT molecular complexity index is 670. The number of nitriles is 1. The van der Waals surface area contributed by atoms with E-state index in [0.717, 1.165) is 12.2 Å². The summed E-state index contributed by atoms with van der Waals surface area (Å²) in [5, 5.41) is 9.77. The van der Waals surface area contributed by atoms with Crippen molar-refractivity contribution in [3.05, 3.63) is 40.8 Å². The van der Waals surface area contributed by atoms with Crippen LogP contribution in [0, 0.1) is 17.1 Å². The maximum Gasteiger partial charge on any atom is 0.189 e. The second-order valence-corrected chi connectivity index (χ2v) is 5.41. The van der Waals surface area contributed by atoms with Crippen LogP contribution in [0.5, 0.6) is 0 Å². The Morgan fingerprint density at radius 3 is 2.85 bits per heavy atom. The summed E-state index contributed by atoms with van der Waals surface area (Å²) in [7, 11) is 0. The van der Waals surface area contributed by atoms with E-state index in [2.05, 4.69) is 9.97 Å². The number of hydrogen-bond donors (Lipinski definition) is 0. The third kappa shape index (κ3) is 3.27. The van der Waals surface area contributed by atoms with E-state index in [9.17, 15) is 9.65 Å². The standard InChI is InChI=1S/C14H11ClFN3S/c1-2-6-20-14-18-12(11(8-17)13(15)19-14)9-4-3-5-10(16)7-9/h3-5,7H,2,6H2,1H3. The van der Waals surface area contributed by atoms with Crippen molar-refractivity contribution in [1.29, 1.82) is 5.26 Å². The normalized spacial score (nSPS) is 10.3. The van der Waals surface area contributed by atoms with Gasteiger partial charge in [0.2, 0.25) is 0 Å². The molecule has 0 atom stereocenters. The van der Waals surface area contributed by atoms with Crippen molar-refractivity contribution in [2.24, 2.45) is 0 Å². The molecule has 0 N–H and O–H groups in total. The topological polar surface area (TPSA) is 49.6 Å². The van der Waals surface area contributed by atoms with Crippen molar-refractivity contribution in [2.45, 2.75) is 18.5 Å². The predicted octanol–water partition coefficient (Wildman–Crippen LogP) is 4.31. The highest BCUT2D eigenvalue weighted by atomic mass is 35.5. The van der Waals surface area contributed by atoms with Crippen molar-refractivity contribution in [3.8, 4) is 17.3 Å². The number of aromatic nitrogens is 2. The summed E-state index contributed by atoms with van der Waals surface area (Å²) in [6.45, 7) is 2.05. The van der Waals surface area contributed by atoms with Crippen LogP contribution in [0.25, 0.3) is 11.3 Å². The molecule has 0 amide bonds. The van der Waals surface area contributed by atoms with Crippen LogP contribution in [0.3, 0.4) is 0 Å².